The van der Waals surface area contributed by atoms with Gasteiger partial charge < -0.3 is 4.74 Å². The van der Waals surface area contributed by atoms with Gasteiger partial charge in [-0.25, -0.2) is 0 Å². The molecule has 0 atom stereocenters. The van der Waals surface area contributed by atoms with Crippen LogP contribution in [0, 0.1) is 0 Å². The van der Waals surface area contributed by atoms with Crippen molar-refractivity contribution in [3.63, 3.8) is 0 Å². The largest absolute Gasteiger partial charge is 0.495 e. The highest BCUT2D eigenvalue weighted by molar-refractivity contribution is 9.11. The predicted octanol–water partition coefficient (Wildman–Crippen LogP) is 5.02. The highest BCUT2D eigenvalue weighted by Gasteiger charge is 2.07. The Morgan fingerprint density at radius 2 is 2.07 bits per heavy atom. The topological polar surface area (TPSA) is 9.23 Å². The fraction of sp³-hybridized carbons (Fsp3) is 0.273. The van der Waals surface area contributed by atoms with Gasteiger partial charge >= 0.3 is 0 Å². The molecule has 1 nitrogen and oxygen atoms in total. The lowest BCUT2D eigenvalue weighted by atomic mass is 10.1. The second-order valence-electron chi connectivity index (χ2n) is 3.13. The van der Waals surface area contributed by atoms with Crippen molar-refractivity contribution in [3.8, 4) is 5.75 Å². The van der Waals surface area contributed by atoms with Crippen molar-refractivity contribution >= 4 is 53.9 Å². The van der Waals surface area contributed by atoms with Crippen LogP contribution in [0.25, 0.3) is 6.08 Å². The number of halogens is 3. The second-order valence-corrected chi connectivity index (χ2v) is 5.47. The van der Waals surface area contributed by atoms with E-state index >= 15 is 0 Å². The Kier molecular flexibility index (Phi) is 5.36. The van der Waals surface area contributed by atoms with E-state index in [1.807, 2.05) is 12.1 Å². The molecule has 0 spiro atoms. The molecular formula is C11H11Br3O. The fourth-order valence-electron chi connectivity index (χ4n) is 1.21. The van der Waals surface area contributed by atoms with E-state index in [-0.39, 0.29) is 0 Å². The van der Waals surface area contributed by atoms with Crippen molar-refractivity contribution in [2.45, 2.75) is 6.92 Å². The first-order valence-corrected chi connectivity index (χ1v) is 7.05. The van der Waals surface area contributed by atoms with Gasteiger partial charge in [-0.05, 0) is 35.0 Å². The van der Waals surface area contributed by atoms with Gasteiger partial charge in [0.15, 0.2) is 0 Å². The zero-order valence-electron chi connectivity index (χ0n) is 8.48. The Morgan fingerprint density at radius 1 is 1.40 bits per heavy atom. The average molecular weight is 399 g/mol. The zero-order chi connectivity index (χ0) is 11.4. The van der Waals surface area contributed by atoms with Gasteiger partial charge in [0.1, 0.15) is 5.75 Å². The summed E-state index contributed by atoms with van der Waals surface area (Å²) in [5.74, 6) is 0.860. The molecule has 0 amide bonds. The van der Waals surface area contributed by atoms with Crippen LogP contribution >= 0.6 is 47.8 Å². The van der Waals surface area contributed by atoms with E-state index < -0.39 is 0 Å². The normalized spacial score (nSPS) is 11.7. The van der Waals surface area contributed by atoms with Crippen molar-refractivity contribution in [3.05, 3.63) is 32.2 Å². The maximum atomic E-state index is 5.35. The van der Waals surface area contributed by atoms with Crippen LogP contribution in [0.3, 0.4) is 0 Å². The quantitative estimate of drug-likeness (QED) is 0.650. The minimum absolute atomic E-state index is 0.860. The lowest BCUT2D eigenvalue weighted by Gasteiger charge is -2.09. The van der Waals surface area contributed by atoms with Crippen molar-refractivity contribution in [2.75, 3.05) is 12.4 Å². The Balaban J connectivity index is 3.26. The molecule has 0 heterocycles. The van der Waals surface area contributed by atoms with E-state index in [0.717, 1.165) is 25.6 Å². The maximum Gasteiger partial charge on any atom is 0.140 e. The minimum atomic E-state index is 0.860. The smallest absolute Gasteiger partial charge is 0.140 e. The number of rotatable bonds is 3. The van der Waals surface area contributed by atoms with E-state index in [0.29, 0.717) is 0 Å². The van der Waals surface area contributed by atoms with Gasteiger partial charge in [0, 0.05) is 15.4 Å². The van der Waals surface area contributed by atoms with E-state index in [4.69, 9.17) is 4.74 Å². The molecule has 0 fully saturated rings. The van der Waals surface area contributed by atoms with Crippen molar-refractivity contribution in [1.29, 1.82) is 0 Å². The molecule has 0 saturated carbocycles. The molecule has 82 valence electrons. The van der Waals surface area contributed by atoms with E-state index in [1.54, 1.807) is 7.11 Å². The molecule has 0 aliphatic carbocycles. The Morgan fingerprint density at radius 3 is 2.60 bits per heavy atom. The van der Waals surface area contributed by atoms with Crippen LogP contribution in [0.15, 0.2) is 26.7 Å². The first kappa shape index (κ1) is 13.3. The van der Waals surface area contributed by atoms with Gasteiger partial charge in [-0.1, -0.05) is 43.5 Å². The molecule has 0 unspecified atom stereocenters. The third-order valence-corrected chi connectivity index (χ3v) is 3.79. The summed E-state index contributed by atoms with van der Waals surface area (Å²) in [6.45, 7) is 2.07. The van der Waals surface area contributed by atoms with Crippen molar-refractivity contribution in [2.24, 2.45) is 0 Å². The van der Waals surface area contributed by atoms with Crippen LogP contribution < -0.4 is 4.74 Å². The number of allylic oxidation sites excluding steroid dienone is 1. The minimum Gasteiger partial charge on any atom is -0.495 e. The molecule has 0 N–H and O–H groups in total. The van der Waals surface area contributed by atoms with Gasteiger partial charge in [0.2, 0.25) is 0 Å². The van der Waals surface area contributed by atoms with E-state index in [9.17, 15) is 0 Å². The summed E-state index contributed by atoms with van der Waals surface area (Å²) in [7, 11) is 1.68. The molecule has 1 aromatic carbocycles. The highest BCUT2D eigenvalue weighted by atomic mass is 79.9. The molecule has 0 radical (unpaired) electrons. The molecule has 0 aliphatic heterocycles. The molecule has 15 heavy (non-hydrogen) atoms. The van der Waals surface area contributed by atoms with Gasteiger partial charge in [-0.15, -0.1) is 0 Å². The maximum absolute atomic E-state index is 5.35. The monoisotopic (exact) mass is 396 g/mol. The van der Waals surface area contributed by atoms with Gasteiger partial charge in [0.25, 0.3) is 0 Å². The number of ether oxygens (including phenoxy) is 1. The third-order valence-electron chi connectivity index (χ3n) is 1.85. The standard InChI is InChI=1S/C11H11Br3O/c1-7(6-12)3-8-4-9(13)5-10(14)11(8)15-2/h3-5H,6H2,1-2H3. The third kappa shape index (κ3) is 3.61. The van der Waals surface area contributed by atoms with Gasteiger partial charge in [0.05, 0.1) is 11.6 Å². The van der Waals surface area contributed by atoms with Crippen LogP contribution in [0.5, 0.6) is 5.75 Å². The number of methoxy groups -OCH3 is 1. The lowest BCUT2D eigenvalue weighted by Crippen LogP contribution is -1.90. The molecule has 4 heteroatoms. The van der Waals surface area contributed by atoms with Gasteiger partial charge in [-0.3, -0.25) is 0 Å². The van der Waals surface area contributed by atoms with E-state index in [2.05, 4.69) is 60.8 Å². The van der Waals surface area contributed by atoms with Crippen LogP contribution in [0.1, 0.15) is 12.5 Å². The Labute approximate surface area is 115 Å². The van der Waals surface area contributed by atoms with Crippen LogP contribution in [-0.4, -0.2) is 12.4 Å². The summed E-state index contributed by atoms with van der Waals surface area (Å²) in [4.78, 5) is 0. The molecule has 1 aromatic rings. The molecular weight excluding hydrogens is 388 g/mol. The van der Waals surface area contributed by atoms with Crippen LogP contribution in [0.2, 0.25) is 0 Å². The molecule has 0 aromatic heterocycles. The number of hydrogen-bond acceptors (Lipinski definition) is 1. The summed E-state index contributed by atoms with van der Waals surface area (Å²) in [6.07, 6.45) is 2.10. The summed E-state index contributed by atoms with van der Waals surface area (Å²) < 4.78 is 7.33. The van der Waals surface area contributed by atoms with Crippen molar-refractivity contribution in [1.82, 2.24) is 0 Å². The lowest BCUT2D eigenvalue weighted by molar-refractivity contribution is 0.411. The number of benzene rings is 1. The average Bonchev–Trinajstić information content (AvgIpc) is 2.17. The van der Waals surface area contributed by atoms with Gasteiger partial charge in [-0.2, -0.15) is 0 Å². The first-order valence-electron chi connectivity index (χ1n) is 4.34. The zero-order valence-corrected chi connectivity index (χ0v) is 13.2. The first-order chi connectivity index (χ1) is 7.08. The summed E-state index contributed by atoms with van der Waals surface area (Å²) in [5.41, 5.74) is 2.31. The number of alkyl halides is 1. The molecule has 0 bridgehead atoms. The van der Waals surface area contributed by atoms with Crippen LogP contribution in [0.4, 0.5) is 0 Å². The van der Waals surface area contributed by atoms with Crippen LogP contribution in [-0.2, 0) is 0 Å². The van der Waals surface area contributed by atoms with E-state index in [1.165, 1.54) is 5.57 Å². The number of hydrogen-bond donors (Lipinski definition) is 0. The summed E-state index contributed by atoms with van der Waals surface area (Å²) in [5, 5.41) is 0.861. The Hall–Kier alpha value is 0.200. The Bertz CT molecular complexity index is 386. The summed E-state index contributed by atoms with van der Waals surface area (Å²) in [6, 6.07) is 4.01. The second kappa shape index (κ2) is 6.06. The highest BCUT2D eigenvalue weighted by Crippen LogP contribution is 2.34. The fourth-order valence-corrected chi connectivity index (χ4v) is 2.79. The molecule has 0 aliphatic rings. The SMILES string of the molecule is COc1c(Br)cc(Br)cc1C=C(C)CBr. The molecule has 1 rings (SSSR count). The summed E-state index contributed by atoms with van der Waals surface area (Å²) >= 11 is 10.4. The predicted molar refractivity (Wildman–Crippen MR) is 75.8 cm³/mol. The van der Waals surface area contributed by atoms with Crippen molar-refractivity contribution < 1.29 is 4.74 Å². The molecule has 0 saturated heterocycles.